The number of fused-ring (bicyclic) bond motifs is 1. The second-order valence-electron chi connectivity index (χ2n) is 3.71. The molecule has 0 N–H and O–H groups in total. The summed E-state index contributed by atoms with van der Waals surface area (Å²) in [7, 11) is 0. The van der Waals surface area contributed by atoms with Gasteiger partial charge in [-0.25, -0.2) is 4.98 Å². The highest BCUT2D eigenvalue weighted by molar-refractivity contribution is 5.79. The molecule has 0 saturated heterocycles. The number of halogens is 3. The van der Waals surface area contributed by atoms with Crippen LogP contribution in [0.3, 0.4) is 0 Å². The van der Waals surface area contributed by atoms with E-state index >= 15 is 0 Å². The fraction of sp³-hybridized carbons (Fsp3) is 0.154. The van der Waals surface area contributed by atoms with Gasteiger partial charge in [-0.1, -0.05) is 18.2 Å². The second-order valence-corrected chi connectivity index (χ2v) is 3.71. The summed E-state index contributed by atoms with van der Waals surface area (Å²) in [5.74, 6) is 0. The topological polar surface area (TPSA) is 12.9 Å². The van der Waals surface area contributed by atoms with Gasteiger partial charge >= 0.3 is 6.18 Å². The fourth-order valence-electron chi connectivity index (χ4n) is 1.63. The van der Waals surface area contributed by atoms with E-state index in [1.54, 1.807) is 18.2 Å². The summed E-state index contributed by atoms with van der Waals surface area (Å²) in [5.41, 5.74) is 0.503. The number of aromatic nitrogens is 1. The molecule has 1 heterocycles. The van der Waals surface area contributed by atoms with E-state index in [2.05, 4.69) is 11.6 Å². The molecule has 1 nitrogen and oxygen atoms in total. The van der Waals surface area contributed by atoms with Crippen molar-refractivity contribution in [3.63, 3.8) is 0 Å². The molecule has 1 aromatic heterocycles. The summed E-state index contributed by atoms with van der Waals surface area (Å²) in [4.78, 5) is 3.60. The van der Waals surface area contributed by atoms with Crippen LogP contribution in [0.2, 0.25) is 0 Å². The van der Waals surface area contributed by atoms with Gasteiger partial charge in [0.1, 0.15) is 5.69 Å². The summed E-state index contributed by atoms with van der Waals surface area (Å²) >= 11 is 0. The highest BCUT2D eigenvalue weighted by atomic mass is 19.4. The van der Waals surface area contributed by atoms with Gasteiger partial charge in [-0.15, -0.1) is 6.58 Å². The lowest BCUT2D eigenvalue weighted by atomic mass is 10.1. The molecule has 0 radical (unpaired) electrons. The van der Waals surface area contributed by atoms with Crippen LogP contribution in [0.25, 0.3) is 10.9 Å². The van der Waals surface area contributed by atoms with Crippen LogP contribution in [0.4, 0.5) is 13.2 Å². The van der Waals surface area contributed by atoms with E-state index in [9.17, 15) is 13.2 Å². The second kappa shape index (κ2) is 4.20. The molecule has 0 fully saturated rings. The number of hydrogen-bond acceptors (Lipinski definition) is 1. The van der Waals surface area contributed by atoms with E-state index in [1.165, 1.54) is 6.07 Å². The van der Waals surface area contributed by atoms with Gasteiger partial charge in [0.05, 0.1) is 5.52 Å². The maximum absolute atomic E-state index is 12.4. The minimum Gasteiger partial charge on any atom is -0.243 e. The Kier molecular flexibility index (Phi) is 2.88. The maximum Gasteiger partial charge on any atom is 0.433 e. The van der Waals surface area contributed by atoms with Gasteiger partial charge in [0, 0.05) is 5.39 Å². The summed E-state index contributed by atoms with van der Waals surface area (Å²) in [6, 6.07) is 7.63. The van der Waals surface area contributed by atoms with Gasteiger partial charge in [0.15, 0.2) is 0 Å². The molecule has 0 saturated carbocycles. The molecule has 0 spiro atoms. The molecule has 0 unspecified atom stereocenters. The lowest BCUT2D eigenvalue weighted by molar-refractivity contribution is -0.140. The quantitative estimate of drug-likeness (QED) is 0.720. The van der Waals surface area contributed by atoms with Crippen LogP contribution in [-0.4, -0.2) is 4.98 Å². The Bertz CT molecular complexity index is 558. The Labute approximate surface area is 96.6 Å². The molecule has 0 aliphatic heterocycles. The number of benzene rings is 1. The van der Waals surface area contributed by atoms with Crippen molar-refractivity contribution in [3.8, 4) is 0 Å². The number of alkyl halides is 3. The molecule has 2 rings (SSSR count). The molecule has 0 bridgehead atoms. The predicted octanol–water partition coefficient (Wildman–Crippen LogP) is 3.98. The smallest absolute Gasteiger partial charge is 0.243 e. The number of nitrogens with zero attached hydrogens (tertiary/aromatic N) is 1. The first kappa shape index (κ1) is 11.6. The van der Waals surface area contributed by atoms with Crippen LogP contribution in [-0.2, 0) is 12.6 Å². The molecule has 88 valence electrons. The van der Waals surface area contributed by atoms with E-state index < -0.39 is 11.9 Å². The van der Waals surface area contributed by atoms with E-state index in [0.717, 1.165) is 11.6 Å². The third-order valence-corrected chi connectivity index (χ3v) is 2.42. The number of hydrogen-bond donors (Lipinski definition) is 0. The Balaban J connectivity index is 2.50. The van der Waals surface area contributed by atoms with Crippen LogP contribution in [0, 0.1) is 0 Å². The van der Waals surface area contributed by atoms with Crippen molar-refractivity contribution >= 4 is 10.9 Å². The largest absolute Gasteiger partial charge is 0.433 e. The monoisotopic (exact) mass is 237 g/mol. The first-order chi connectivity index (χ1) is 8.00. The van der Waals surface area contributed by atoms with Crippen LogP contribution >= 0.6 is 0 Å². The molecule has 4 heteroatoms. The summed E-state index contributed by atoms with van der Waals surface area (Å²) in [6.45, 7) is 3.62. The molecular formula is C13H10F3N. The van der Waals surface area contributed by atoms with Crippen LogP contribution in [0.5, 0.6) is 0 Å². The zero-order chi connectivity index (χ0) is 12.5. The van der Waals surface area contributed by atoms with Crippen LogP contribution in [0.1, 0.15) is 11.3 Å². The number of rotatable bonds is 2. The summed E-state index contributed by atoms with van der Waals surface area (Å²) in [5, 5.41) is 0.706. The zero-order valence-electron chi connectivity index (χ0n) is 8.96. The standard InChI is InChI=1S/C13H10F3N/c1-2-3-9-4-6-11-10(8-9)5-7-12(17-11)13(14,15)16/h2,4-8H,1,3H2. The average Bonchev–Trinajstić information content (AvgIpc) is 2.27. The van der Waals surface area contributed by atoms with Gasteiger partial charge < -0.3 is 0 Å². The molecule has 17 heavy (non-hydrogen) atoms. The predicted molar refractivity (Wildman–Crippen MR) is 60.6 cm³/mol. The van der Waals surface area contributed by atoms with Crippen molar-refractivity contribution in [2.24, 2.45) is 0 Å². The lowest BCUT2D eigenvalue weighted by Gasteiger charge is -2.07. The fourth-order valence-corrected chi connectivity index (χ4v) is 1.63. The Morgan fingerprint density at radius 3 is 2.59 bits per heavy atom. The highest BCUT2D eigenvalue weighted by Gasteiger charge is 2.32. The number of pyridine rings is 1. The summed E-state index contributed by atoms with van der Waals surface area (Å²) < 4.78 is 37.3. The molecule has 2 aromatic rings. The Morgan fingerprint density at radius 1 is 1.18 bits per heavy atom. The lowest BCUT2D eigenvalue weighted by Crippen LogP contribution is -2.07. The van der Waals surface area contributed by atoms with Crippen molar-refractivity contribution in [1.29, 1.82) is 0 Å². The van der Waals surface area contributed by atoms with Crippen LogP contribution < -0.4 is 0 Å². The Morgan fingerprint density at radius 2 is 1.94 bits per heavy atom. The van der Waals surface area contributed by atoms with Crippen molar-refractivity contribution in [2.75, 3.05) is 0 Å². The van der Waals surface area contributed by atoms with Gasteiger partial charge in [0.25, 0.3) is 0 Å². The average molecular weight is 237 g/mol. The zero-order valence-corrected chi connectivity index (χ0v) is 8.96. The van der Waals surface area contributed by atoms with Gasteiger partial charge in [0.2, 0.25) is 0 Å². The normalized spacial score (nSPS) is 11.7. The minimum absolute atomic E-state index is 0.354. The third kappa shape index (κ3) is 2.46. The Hall–Kier alpha value is -1.84. The van der Waals surface area contributed by atoms with Crippen molar-refractivity contribution in [2.45, 2.75) is 12.6 Å². The molecule has 0 aliphatic rings. The van der Waals surface area contributed by atoms with Crippen molar-refractivity contribution in [1.82, 2.24) is 4.98 Å². The molecule has 0 aliphatic carbocycles. The first-order valence-corrected chi connectivity index (χ1v) is 5.08. The van der Waals surface area contributed by atoms with Crippen molar-refractivity contribution < 1.29 is 13.2 Å². The van der Waals surface area contributed by atoms with E-state index in [0.29, 0.717) is 17.3 Å². The van der Waals surface area contributed by atoms with Gasteiger partial charge in [-0.05, 0) is 30.2 Å². The van der Waals surface area contributed by atoms with Crippen molar-refractivity contribution in [3.05, 3.63) is 54.2 Å². The van der Waals surface area contributed by atoms with Gasteiger partial charge in [-0.2, -0.15) is 13.2 Å². The van der Waals surface area contributed by atoms with E-state index in [-0.39, 0.29) is 0 Å². The van der Waals surface area contributed by atoms with E-state index in [1.807, 2.05) is 6.07 Å². The highest BCUT2D eigenvalue weighted by Crippen LogP contribution is 2.29. The first-order valence-electron chi connectivity index (χ1n) is 5.08. The molecule has 1 aromatic carbocycles. The minimum atomic E-state index is -4.39. The van der Waals surface area contributed by atoms with Gasteiger partial charge in [-0.3, -0.25) is 0 Å². The van der Waals surface area contributed by atoms with Crippen LogP contribution in [0.15, 0.2) is 43.0 Å². The third-order valence-electron chi connectivity index (χ3n) is 2.42. The summed E-state index contributed by atoms with van der Waals surface area (Å²) in [6.07, 6.45) is -1.95. The SMILES string of the molecule is C=CCc1ccc2nc(C(F)(F)F)ccc2c1. The number of allylic oxidation sites excluding steroid dienone is 1. The van der Waals surface area contributed by atoms with E-state index in [4.69, 9.17) is 0 Å². The molecule has 0 amide bonds. The molecular weight excluding hydrogens is 227 g/mol. The molecule has 0 atom stereocenters. The maximum atomic E-state index is 12.4.